The molecular formula is C17H20N2O. The molecule has 1 atom stereocenters. The Bertz CT molecular complexity index is 681. The molecule has 1 aliphatic rings. The minimum absolute atomic E-state index is 0.0292. The first kappa shape index (κ1) is 13.1. The molecule has 1 aromatic carbocycles. The number of hydrogen-bond donors (Lipinski definition) is 0. The van der Waals surface area contributed by atoms with Crippen molar-refractivity contribution < 1.29 is 4.79 Å². The van der Waals surface area contributed by atoms with Gasteiger partial charge in [0.1, 0.15) is 0 Å². The number of carbonyl (C=O) groups is 1. The van der Waals surface area contributed by atoms with Gasteiger partial charge >= 0.3 is 0 Å². The zero-order valence-corrected chi connectivity index (χ0v) is 12.5. The van der Waals surface area contributed by atoms with Crippen molar-refractivity contribution in [3.05, 3.63) is 36.5 Å². The van der Waals surface area contributed by atoms with Crippen LogP contribution in [0.15, 0.2) is 36.5 Å². The second kappa shape index (κ2) is 4.05. The Hall–Kier alpha value is -1.90. The van der Waals surface area contributed by atoms with E-state index in [1.165, 1.54) is 0 Å². The molecule has 0 spiro atoms. The summed E-state index contributed by atoms with van der Waals surface area (Å²) < 4.78 is 0. The van der Waals surface area contributed by atoms with E-state index in [9.17, 15) is 4.79 Å². The normalized spacial score (nSPS) is 23.0. The molecule has 1 unspecified atom stereocenters. The van der Waals surface area contributed by atoms with E-state index in [4.69, 9.17) is 0 Å². The lowest BCUT2D eigenvalue weighted by Crippen LogP contribution is -2.65. The number of rotatable bonds is 1. The van der Waals surface area contributed by atoms with Crippen LogP contribution in [-0.4, -0.2) is 17.4 Å². The van der Waals surface area contributed by atoms with Crippen LogP contribution in [0.4, 0.5) is 5.69 Å². The van der Waals surface area contributed by atoms with Gasteiger partial charge in [-0.05, 0) is 24.5 Å². The largest absolute Gasteiger partial charge is 0.309 e. The topological polar surface area (TPSA) is 33.2 Å². The summed E-state index contributed by atoms with van der Waals surface area (Å²) in [6.07, 6.45) is 1.78. The fraction of sp³-hybridized carbons (Fsp3) is 0.412. The molecule has 0 radical (unpaired) electrons. The number of para-hydroxylation sites is 1. The van der Waals surface area contributed by atoms with Crippen molar-refractivity contribution >= 4 is 22.5 Å². The fourth-order valence-corrected chi connectivity index (χ4v) is 2.72. The van der Waals surface area contributed by atoms with Crippen LogP contribution >= 0.6 is 0 Å². The molecule has 0 bridgehead atoms. The molecule has 0 N–H and O–H groups in total. The Morgan fingerprint density at radius 1 is 1.20 bits per heavy atom. The number of benzene rings is 1. The highest BCUT2D eigenvalue weighted by atomic mass is 16.2. The van der Waals surface area contributed by atoms with Gasteiger partial charge in [0.2, 0.25) is 5.91 Å². The third-order valence-corrected chi connectivity index (χ3v) is 4.75. The van der Waals surface area contributed by atoms with Gasteiger partial charge in [-0.3, -0.25) is 9.78 Å². The van der Waals surface area contributed by atoms with Gasteiger partial charge in [-0.2, -0.15) is 0 Å². The zero-order chi connectivity index (χ0) is 14.5. The predicted molar refractivity (Wildman–Crippen MR) is 81.7 cm³/mol. The van der Waals surface area contributed by atoms with E-state index in [0.29, 0.717) is 0 Å². The smallest absolute Gasteiger partial charge is 0.235 e. The quantitative estimate of drug-likeness (QED) is 0.740. The van der Waals surface area contributed by atoms with Gasteiger partial charge in [0, 0.05) is 18.1 Å². The molecule has 1 fully saturated rings. The van der Waals surface area contributed by atoms with Crippen LogP contribution in [0.2, 0.25) is 0 Å². The first-order chi connectivity index (χ1) is 9.34. The van der Waals surface area contributed by atoms with E-state index in [0.717, 1.165) is 23.1 Å². The lowest BCUT2D eigenvalue weighted by atomic mass is 9.62. The average molecular weight is 268 g/mol. The molecule has 0 saturated carbocycles. The van der Waals surface area contributed by atoms with Gasteiger partial charge < -0.3 is 4.90 Å². The maximum absolute atomic E-state index is 12.7. The van der Waals surface area contributed by atoms with Crippen molar-refractivity contribution in [1.29, 1.82) is 0 Å². The lowest BCUT2D eigenvalue weighted by Gasteiger charge is -2.53. The van der Waals surface area contributed by atoms with E-state index < -0.39 is 0 Å². The molecule has 3 heteroatoms. The van der Waals surface area contributed by atoms with Crippen LogP contribution in [0.25, 0.3) is 10.9 Å². The van der Waals surface area contributed by atoms with Crippen LogP contribution in [0, 0.1) is 10.8 Å². The Kier molecular flexibility index (Phi) is 2.65. The molecule has 20 heavy (non-hydrogen) atoms. The number of fused-ring (bicyclic) bond motifs is 1. The van der Waals surface area contributed by atoms with Gasteiger partial charge in [0.25, 0.3) is 0 Å². The van der Waals surface area contributed by atoms with Crippen molar-refractivity contribution in [1.82, 2.24) is 4.98 Å². The van der Waals surface area contributed by atoms with E-state index >= 15 is 0 Å². The third kappa shape index (κ3) is 1.65. The molecule has 3 rings (SSSR count). The second-order valence-electron chi connectivity index (χ2n) is 6.83. The summed E-state index contributed by atoms with van der Waals surface area (Å²) in [5.74, 6) is 0.197. The molecule has 1 aromatic heterocycles. The number of anilines is 1. The molecule has 2 aromatic rings. The maximum atomic E-state index is 12.7. The second-order valence-corrected chi connectivity index (χ2v) is 6.83. The van der Waals surface area contributed by atoms with Crippen LogP contribution in [-0.2, 0) is 4.79 Å². The summed E-state index contributed by atoms with van der Waals surface area (Å²) in [6, 6.07) is 9.94. The van der Waals surface area contributed by atoms with Gasteiger partial charge in [0.05, 0.1) is 16.6 Å². The maximum Gasteiger partial charge on any atom is 0.235 e. The van der Waals surface area contributed by atoms with E-state index in [2.05, 4.69) is 32.7 Å². The van der Waals surface area contributed by atoms with Crippen molar-refractivity contribution in [3.8, 4) is 0 Å². The van der Waals surface area contributed by atoms with E-state index in [1.807, 2.05) is 35.2 Å². The Morgan fingerprint density at radius 3 is 2.55 bits per heavy atom. The zero-order valence-electron chi connectivity index (χ0n) is 12.5. The van der Waals surface area contributed by atoms with E-state index in [1.54, 1.807) is 6.20 Å². The van der Waals surface area contributed by atoms with Crippen molar-refractivity contribution in [2.75, 3.05) is 11.4 Å². The minimum Gasteiger partial charge on any atom is -0.309 e. The summed E-state index contributed by atoms with van der Waals surface area (Å²) in [4.78, 5) is 19.0. The van der Waals surface area contributed by atoms with E-state index in [-0.39, 0.29) is 16.7 Å². The summed E-state index contributed by atoms with van der Waals surface area (Å²) in [7, 11) is 0. The highest BCUT2D eigenvalue weighted by Gasteiger charge is 2.56. The van der Waals surface area contributed by atoms with Crippen molar-refractivity contribution in [2.45, 2.75) is 27.7 Å². The monoisotopic (exact) mass is 268 g/mol. The van der Waals surface area contributed by atoms with Gasteiger partial charge in [-0.15, -0.1) is 0 Å². The fourth-order valence-electron chi connectivity index (χ4n) is 2.72. The highest BCUT2D eigenvalue weighted by molar-refractivity contribution is 6.09. The van der Waals surface area contributed by atoms with Crippen molar-refractivity contribution in [3.63, 3.8) is 0 Å². The Morgan fingerprint density at radius 2 is 1.90 bits per heavy atom. The number of aromatic nitrogens is 1. The molecule has 3 nitrogen and oxygen atoms in total. The number of hydrogen-bond acceptors (Lipinski definition) is 2. The Labute approximate surface area is 119 Å². The van der Waals surface area contributed by atoms with Gasteiger partial charge in [0.15, 0.2) is 0 Å². The summed E-state index contributed by atoms with van der Waals surface area (Å²) in [5, 5.41) is 1.07. The van der Waals surface area contributed by atoms with Crippen molar-refractivity contribution in [2.24, 2.45) is 10.8 Å². The summed E-state index contributed by atoms with van der Waals surface area (Å²) >= 11 is 0. The molecule has 2 heterocycles. The first-order valence-electron chi connectivity index (χ1n) is 7.00. The molecule has 0 aliphatic carbocycles. The number of carbonyl (C=O) groups excluding carboxylic acids is 1. The SMILES string of the molecule is CC(C)(C)C1(C)CN(c2cccc3cccnc23)C1=O. The average Bonchev–Trinajstić information content (AvgIpc) is 2.42. The standard InChI is InChI=1S/C17H20N2O/c1-16(2,3)17(4)11-19(15(17)20)13-9-5-7-12-8-6-10-18-14(12)13/h5-10H,11H2,1-4H3. The molecular weight excluding hydrogens is 248 g/mol. The molecule has 1 saturated heterocycles. The predicted octanol–water partition coefficient (Wildman–Crippen LogP) is 3.63. The molecule has 1 amide bonds. The lowest BCUT2D eigenvalue weighted by molar-refractivity contribution is -0.141. The first-order valence-corrected chi connectivity index (χ1v) is 7.00. The van der Waals surface area contributed by atoms with Crippen LogP contribution < -0.4 is 4.90 Å². The van der Waals surface area contributed by atoms with Crippen LogP contribution in [0.3, 0.4) is 0 Å². The number of nitrogens with zero attached hydrogens (tertiary/aromatic N) is 2. The number of pyridine rings is 1. The molecule has 1 aliphatic heterocycles. The van der Waals surface area contributed by atoms with Gasteiger partial charge in [-0.25, -0.2) is 0 Å². The summed E-state index contributed by atoms with van der Waals surface area (Å²) in [6.45, 7) is 9.20. The Balaban J connectivity index is 2.02. The van der Waals surface area contributed by atoms with Gasteiger partial charge in [-0.1, -0.05) is 39.0 Å². The minimum atomic E-state index is -0.288. The molecule has 104 valence electrons. The highest BCUT2D eigenvalue weighted by Crippen LogP contribution is 2.48. The van der Waals surface area contributed by atoms with Crippen LogP contribution in [0.5, 0.6) is 0 Å². The summed E-state index contributed by atoms with van der Waals surface area (Å²) in [5.41, 5.74) is 1.51. The number of β-lactam (4-membered cyclic amide) rings is 1. The third-order valence-electron chi connectivity index (χ3n) is 4.75. The number of amides is 1. The van der Waals surface area contributed by atoms with Crippen LogP contribution in [0.1, 0.15) is 27.7 Å².